The summed E-state index contributed by atoms with van der Waals surface area (Å²) in [6, 6.07) is 7.96. The minimum Gasteiger partial charge on any atom is -0.326 e. The summed E-state index contributed by atoms with van der Waals surface area (Å²) in [5.41, 5.74) is 2.43. The Bertz CT molecular complexity index is 666. The highest BCUT2D eigenvalue weighted by atomic mass is 35.5. The Morgan fingerprint density at radius 2 is 2.32 bits per heavy atom. The van der Waals surface area contributed by atoms with E-state index in [1.807, 2.05) is 25.1 Å². The van der Waals surface area contributed by atoms with Gasteiger partial charge in [0.2, 0.25) is 0 Å². The maximum atomic E-state index is 9.18. The van der Waals surface area contributed by atoms with E-state index in [4.69, 9.17) is 11.6 Å². The normalized spacial score (nSPS) is 23.3. The molecule has 1 fully saturated rings. The van der Waals surface area contributed by atoms with Gasteiger partial charge in [-0.2, -0.15) is 5.26 Å². The summed E-state index contributed by atoms with van der Waals surface area (Å²) in [5.74, 6) is 2.38. The molecule has 1 heterocycles. The maximum absolute atomic E-state index is 9.18. The van der Waals surface area contributed by atoms with Crippen LogP contribution in [0.25, 0.3) is 11.0 Å². The molecular formula is C15H16ClN3. The van der Waals surface area contributed by atoms with E-state index < -0.39 is 0 Å². The number of rotatable bonds is 3. The second kappa shape index (κ2) is 4.54. The van der Waals surface area contributed by atoms with Crippen LogP contribution in [-0.2, 0) is 6.54 Å². The summed E-state index contributed by atoms with van der Waals surface area (Å²) in [4.78, 5) is 4.60. The standard InChI is InChI=1S/C15H16ClN3/c1-9-6-12(9)8-19-13-5-3-4-11(7-17)14(13)18-15(19)10(2)16/h3-5,9-10,12H,6,8H2,1-2H3. The van der Waals surface area contributed by atoms with Gasteiger partial charge >= 0.3 is 0 Å². The second-order valence-electron chi connectivity index (χ2n) is 5.45. The highest BCUT2D eigenvalue weighted by Crippen LogP contribution is 2.40. The van der Waals surface area contributed by atoms with Crippen molar-refractivity contribution in [2.75, 3.05) is 0 Å². The Hall–Kier alpha value is -1.53. The quantitative estimate of drug-likeness (QED) is 0.797. The van der Waals surface area contributed by atoms with Crippen LogP contribution in [0.4, 0.5) is 0 Å². The summed E-state index contributed by atoms with van der Waals surface area (Å²) in [6.07, 6.45) is 1.27. The van der Waals surface area contributed by atoms with E-state index in [1.54, 1.807) is 0 Å². The smallest absolute Gasteiger partial charge is 0.127 e. The van der Waals surface area contributed by atoms with Gasteiger partial charge in [0.15, 0.2) is 0 Å². The first-order valence-electron chi connectivity index (χ1n) is 6.65. The molecule has 1 aliphatic rings. The third-order valence-corrected chi connectivity index (χ3v) is 4.17. The van der Waals surface area contributed by atoms with Gasteiger partial charge in [-0.3, -0.25) is 0 Å². The number of hydrogen-bond acceptors (Lipinski definition) is 2. The largest absolute Gasteiger partial charge is 0.326 e. The van der Waals surface area contributed by atoms with E-state index in [0.717, 1.165) is 35.2 Å². The lowest BCUT2D eigenvalue weighted by molar-refractivity contribution is 0.582. The molecule has 0 bridgehead atoms. The van der Waals surface area contributed by atoms with E-state index in [-0.39, 0.29) is 5.38 Å². The highest BCUT2D eigenvalue weighted by molar-refractivity contribution is 6.20. The van der Waals surface area contributed by atoms with E-state index >= 15 is 0 Å². The van der Waals surface area contributed by atoms with Crippen LogP contribution in [-0.4, -0.2) is 9.55 Å². The van der Waals surface area contributed by atoms with Gasteiger partial charge in [0.1, 0.15) is 17.4 Å². The Morgan fingerprint density at radius 1 is 1.58 bits per heavy atom. The molecule has 3 nitrogen and oxygen atoms in total. The third kappa shape index (κ3) is 2.11. The predicted octanol–water partition coefficient (Wildman–Crippen LogP) is 3.86. The molecule has 0 saturated heterocycles. The third-order valence-electron chi connectivity index (χ3n) is 3.98. The number of nitrogens with zero attached hydrogens (tertiary/aromatic N) is 3. The zero-order valence-electron chi connectivity index (χ0n) is 11.1. The second-order valence-corrected chi connectivity index (χ2v) is 6.11. The van der Waals surface area contributed by atoms with Gasteiger partial charge in [0, 0.05) is 6.54 Å². The summed E-state index contributed by atoms with van der Waals surface area (Å²) in [7, 11) is 0. The topological polar surface area (TPSA) is 41.6 Å². The van der Waals surface area contributed by atoms with Crippen LogP contribution in [0.5, 0.6) is 0 Å². The first-order chi connectivity index (χ1) is 9.11. The lowest BCUT2D eigenvalue weighted by Gasteiger charge is -2.09. The monoisotopic (exact) mass is 273 g/mol. The van der Waals surface area contributed by atoms with Crippen molar-refractivity contribution in [1.29, 1.82) is 5.26 Å². The molecule has 3 rings (SSSR count). The molecule has 1 aromatic heterocycles. The SMILES string of the molecule is CC(Cl)c1nc2c(C#N)cccc2n1CC1CC1C. The van der Waals surface area contributed by atoms with Gasteiger partial charge in [0.25, 0.3) is 0 Å². The van der Waals surface area contributed by atoms with Crippen molar-refractivity contribution >= 4 is 22.6 Å². The zero-order valence-corrected chi connectivity index (χ0v) is 11.9. The summed E-state index contributed by atoms with van der Waals surface area (Å²) in [5, 5.41) is 9.03. The fraction of sp³-hybridized carbons (Fsp3) is 0.467. The van der Waals surface area contributed by atoms with E-state index in [0.29, 0.717) is 5.56 Å². The molecule has 1 aromatic carbocycles. The fourth-order valence-electron chi connectivity index (χ4n) is 2.64. The van der Waals surface area contributed by atoms with E-state index in [1.165, 1.54) is 6.42 Å². The Balaban J connectivity index is 2.16. The van der Waals surface area contributed by atoms with Gasteiger partial charge in [-0.25, -0.2) is 4.98 Å². The van der Waals surface area contributed by atoms with Crippen molar-refractivity contribution in [3.63, 3.8) is 0 Å². The molecule has 3 unspecified atom stereocenters. The van der Waals surface area contributed by atoms with Crippen molar-refractivity contribution in [1.82, 2.24) is 9.55 Å². The molecule has 4 heteroatoms. The lowest BCUT2D eigenvalue weighted by Crippen LogP contribution is -2.06. The summed E-state index contributed by atoms with van der Waals surface area (Å²) < 4.78 is 2.20. The minimum atomic E-state index is -0.145. The number of hydrogen-bond donors (Lipinski definition) is 0. The molecule has 98 valence electrons. The fourth-order valence-corrected chi connectivity index (χ4v) is 2.81. The van der Waals surface area contributed by atoms with Crippen LogP contribution in [0.1, 0.15) is 37.0 Å². The average molecular weight is 274 g/mol. The number of halogens is 1. The summed E-state index contributed by atoms with van der Waals surface area (Å²) in [6.45, 7) is 5.16. The molecule has 1 aliphatic carbocycles. The minimum absolute atomic E-state index is 0.145. The van der Waals surface area contributed by atoms with Gasteiger partial charge in [-0.05, 0) is 37.3 Å². The lowest BCUT2D eigenvalue weighted by atomic mass is 10.2. The van der Waals surface area contributed by atoms with Crippen molar-refractivity contribution < 1.29 is 0 Å². The van der Waals surface area contributed by atoms with Crippen molar-refractivity contribution in [2.24, 2.45) is 11.8 Å². The molecule has 1 saturated carbocycles. The molecule has 3 atom stereocenters. The summed E-state index contributed by atoms with van der Waals surface area (Å²) >= 11 is 6.25. The molecule has 0 spiro atoms. The van der Waals surface area contributed by atoms with Crippen molar-refractivity contribution in [3.05, 3.63) is 29.6 Å². The molecule has 0 amide bonds. The van der Waals surface area contributed by atoms with Gasteiger partial charge in [0.05, 0.1) is 16.5 Å². The molecule has 19 heavy (non-hydrogen) atoms. The van der Waals surface area contributed by atoms with Crippen LogP contribution in [0, 0.1) is 23.2 Å². The average Bonchev–Trinajstić information content (AvgIpc) is 2.95. The van der Waals surface area contributed by atoms with Crippen LogP contribution >= 0.6 is 11.6 Å². The maximum Gasteiger partial charge on any atom is 0.127 e. The Kier molecular flexibility index (Phi) is 2.99. The first-order valence-corrected chi connectivity index (χ1v) is 7.08. The van der Waals surface area contributed by atoms with Crippen molar-refractivity contribution in [2.45, 2.75) is 32.2 Å². The first kappa shape index (κ1) is 12.5. The number of nitriles is 1. The molecule has 0 N–H and O–H groups in total. The molecule has 2 aromatic rings. The number of imidazole rings is 1. The van der Waals surface area contributed by atoms with E-state index in [2.05, 4.69) is 22.5 Å². The van der Waals surface area contributed by atoms with Crippen LogP contribution < -0.4 is 0 Å². The van der Waals surface area contributed by atoms with Crippen LogP contribution in [0.15, 0.2) is 18.2 Å². The number of benzene rings is 1. The van der Waals surface area contributed by atoms with E-state index in [9.17, 15) is 5.26 Å². The van der Waals surface area contributed by atoms with Crippen LogP contribution in [0.3, 0.4) is 0 Å². The van der Waals surface area contributed by atoms with Gasteiger partial charge in [-0.15, -0.1) is 11.6 Å². The Morgan fingerprint density at radius 3 is 2.89 bits per heavy atom. The Labute approximate surface area is 117 Å². The number of fused-ring (bicyclic) bond motifs is 1. The van der Waals surface area contributed by atoms with Crippen LogP contribution in [0.2, 0.25) is 0 Å². The van der Waals surface area contributed by atoms with Gasteiger partial charge in [-0.1, -0.05) is 13.0 Å². The number of alkyl halides is 1. The number of aromatic nitrogens is 2. The van der Waals surface area contributed by atoms with Crippen molar-refractivity contribution in [3.8, 4) is 6.07 Å². The highest BCUT2D eigenvalue weighted by Gasteiger charge is 2.34. The zero-order chi connectivity index (χ0) is 13.6. The van der Waals surface area contributed by atoms with Gasteiger partial charge < -0.3 is 4.57 Å². The molecule has 0 aliphatic heterocycles. The molecular weight excluding hydrogens is 258 g/mol. The molecule has 0 radical (unpaired) electrons. The predicted molar refractivity (Wildman–Crippen MR) is 76.0 cm³/mol. The number of para-hydroxylation sites is 1.